The zero-order chi connectivity index (χ0) is 18.0. The Morgan fingerprint density at radius 2 is 1.84 bits per heavy atom. The number of piperidine rings is 1. The Morgan fingerprint density at radius 3 is 2.48 bits per heavy atom. The van der Waals surface area contributed by atoms with Crippen molar-refractivity contribution in [2.45, 2.75) is 53.0 Å². The molecule has 2 atom stereocenters. The third kappa shape index (κ3) is 3.84. The fraction of sp³-hybridized carbons (Fsp3) is 0.667. The summed E-state index contributed by atoms with van der Waals surface area (Å²) in [5.41, 5.74) is 2.57. The van der Waals surface area contributed by atoms with Gasteiger partial charge in [0.2, 0.25) is 0 Å². The monoisotopic (exact) mass is 345 g/mol. The summed E-state index contributed by atoms with van der Waals surface area (Å²) in [6, 6.07) is 4.46. The molecule has 0 unspecified atom stereocenters. The second-order valence-corrected chi connectivity index (χ2v) is 7.62. The van der Waals surface area contributed by atoms with Crippen LogP contribution in [0.2, 0.25) is 0 Å². The van der Waals surface area contributed by atoms with Gasteiger partial charge in [0.05, 0.1) is 13.2 Å². The molecule has 0 N–H and O–H groups in total. The molecule has 2 aliphatic rings. The van der Waals surface area contributed by atoms with Crippen molar-refractivity contribution in [3.63, 3.8) is 0 Å². The van der Waals surface area contributed by atoms with Crippen molar-refractivity contribution in [2.75, 3.05) is 26.3 Å². The first-order valence-corrected chi connectivity index (χ1v) is 9.72. The summed E-state index contributed by atoms with van der Waals surface area (Å²) in [6.45, 7) is 11.6. The summed E-state index contributed by atoms with van der Waals surface area (Å²) in [5, 5.41) is 0. The van der Waals surface area contributed by atoms with Gasteiger partial charge in [0.15, 0.2) is 11.5 Å². The lowest BCUT2D eigenvalue weighted by Gasteiger charge is -2.43. The van der Waals surface area contributed by atoms with E-state index in [1.165, 1.54) is 11.1 Å². The first-order valence-electron chi connectivity index (χ1n) is 9.72. The average molecular weight is 345 g/mol. The Balaban J connectivity index is 1.88. The minimum Gasteiger partial charge on any atom is -0.490 e. The Kier molecular flexibility index (Phi) is 5.67. The molecule has 0 saturated carbocycles. The predicted octanol–water partition coefficient (Wildman–Crippen LogP) is 4.02. The van der Waals surface area contributed by atoms with Crippen molar-refractivity contribution in [1.82, 2.24) is 4.90 Å². The van der Waals surface area contributed by atoms with Crippen LogP contribution in [-0.2, 0) is 11.2 Å². The fourth-order valence-electron chi connectivity index (χ4n) is 4.27. The van der Waals surface area contributed by atoms with Gasteiger partial charge in [0.1, 0.15) is 5.78 Å². The van der Waals surface area contributed by atoms with Crippen molar-refractivity contribution in [3.8, 4) is 11.5 Å². The lowest BCUT2D eigenvalue weighted by molar-refractivity contribution is -0.129. The van der Waals surface area contributed by atoms with E-state index in [1.54, 1.807) is 0 Å². The van der Waals surface area contributed by atoms with Crippen LogP contribution in [0.5, 0.6) is 11.5 Å². The minimum atomic E-state index is 0.201. The van der Waals surface area contributed by atoms with Crippen LogP contribution in [0.1, 0.15) is 57.7 Å². The Labute approximate surface area is 151 Å². The van der Waals surface area contributed by atoms with Crippen LogP contribution < -0.4 is 9.47 Å². The topological polar surface area (TPSA) is 38.8 Å². The first-order chi connectivity index (χ1) is 12.0. The van der Waals surface area contributed by atoms with E-state index in [0.29, 0.717) is 31.3 Å². The van der Waals surface area contributed by atoms with E-state index in [0.717, 1.165) is 37.4 Å². The third-order valence-corrected chi connectivity index (χ3v) is 5.33. The molecule has 0 bridgehead atoms. The molecule has 1 saturated heterocycles. The molecule has 0 amide bonds. The molecule has 1 aromatic carbocycles. The molecule has 3 rings (SSSR count). The predicted molar refractivity (Wildman–Crippen MR) is 99.4 cm³/mol. The van der Waals surface area contributed by atoms with Crippen LogP contribution in [0.3, 0.4) is 0 Å². The summed E-state index contributed by atoms with van der Waals surface area (Å²) >= 11 is 0. The smallest absolute Gasteiger partial charge is 0.161 e. The van der Waals surface area contributed by atoms with Gasteiger partial charge in [-0.3, -0.25) is 9.69 Å². The third-order valence-electron chi connectivity index (χ3n) is 5.33. The second-order valence-electron chi connectivity index (χ2n) is 7.62. The molecule has 1 aromatic rings. The van der Waals surface area contributed by atoms with Crippen molar-refractivity contribution in [3.05, 3.63) is 23.3 Å². The van der Waals surface area contributed by atoms with Crippen LogP contribution in [0, 0.1) is 11.8 Å². The fourth-order valence-corrected chi connectivity index (χ4v) is 4.27. The van der Waals surface area contributed by atoms with Crippen LogP contribution in [0.4, 0.5) is 0 Å². The Morgan fingerprint density at radius 1 is 1.16 bits per heavy atom. The quantitative estimate of drug-likeness (QED) is 0.781. The highest BCUT2D eigenvalue weighted by atomic mass is 16.5. The maximum Gasteiger partial charge on any atom is 0.161 e. The number of nitrogens with zero attached hydrogens (tertiary/aromatic N) is 1. The zero-order valence-electron chi connectivity index (χ0n) is 16.0. The number of benzene rings is 1. The molecule has 0 aliphatic carbocycles. The molecular formula is C21H31NO3. The van der Waals surface area contributed by atoms with E-state index >= 15 is 0 Å². The number of carbonyl (C=O) groups is 1. The van der Waals surface area contributed by atoms with Crippen molar-refractivity contribution >= 4 is 5.78 Å². The summed E-state index contributed by atoms with van der Waals surface area (Å²) in [7, 11) is 0. The lowest BCUT2D eigenvalue weighted by atomic mass is 9.80. The van der Waals surface area contributed by atoms with Gasteiger partial charge in [-0.15, -0.1) is 0 Å². The summed E-state index contributed by atoms with van der Waals surface area (Å²) in [5.74, 6) is 2.83. The lowest BCUT2D eigenvalue weighted by Crippen LogP contribution is -2.46. The van der Waals surface area contributed by atoms with Crippen LogP contribution in [-0.4, -0.2) is 37.0 Å². The molecule has 4 heteroatoms. The van der Waals surface area contributed by atoms with Gasteiger partial charge in [-0.1, -0.05) is 13.8 Å². The molecule has 1 fully saturated rings. The van der Waals surface area contributed by atoms with Crippen LogP contribution in [0.15, 0.2) is 12.1 Å². The molecular weight excluding hydrogens is 314 g/mol. The molecule has 4 nitrogen and oxygen atoms in total. The minimum absolute atomic E-state index is 0.201. The van der Waals surface area contributed by atoms with Crippen LogP contribution in [0.25, 0.3) is 0 Å². The highest BCUT2D eigenvalue weighted by Gasteiger charge is 2.38. The van der Waals surface area contributed by atoms with E-state index in [2.05, 4.69) is 30.9 Å². The number of ketones is 1. The number of fused-ring (bicyclic) bond motifs is 3. The Hall–Kier alpha value is -1.55. The molecule has 2 aliphatic heterocycles. The van der Waals surface area contributed by atoms with E-state index in [-0.39, 0.29) is 12.0 Å². The Bertz CT molecular complexity index is 626. The van der Waals surface area contributed by atoms with Crippen LogP contribution >= 0.6 is 0 Å². The van der Waals surface area contributed by atoms with Gasteiger partial charge >= 0.3 is 0 Å². The van der Waals surface area contributed by atoms with E-state index < -0.39 is 0 Å². The second kappa shape index (κ2) is 7.77. The molecule has 0 aromatic heterocycles. The van der Waals surface area contributed by atoms with E-state index in [4.69, 9.17) is 9.47 Å². The van der Waals surface area contributed by atoms with Crippen molar-refractivity contribution in [1.29, 1.82) is 0 Å². The zero-order valence-corrected chi connectivity index (χ0v) is 16.0. The molecule has 0 radical (unpaired) electrons. The number of Topliss-reactive ketones (excluding diaryl/α,β-unsaturated/α-hetero) is 1. The summed E-state index contributed by atoms with van der Waals surface area (Å²) < 4.78 is 11.6. The molecule has 25 heavy (non-hydrogen) atoms. The molecule has 2 heterocycles. The number of rotatable bonds is 6. The summed E-state index contributed by atoms with van der Waals surface area (Å²) in [4.78, 5) is 15.2. The van der Waals surface area contributed by atoms with E-state index in [9.17, 15) is 4.79 Å². The van der Waals surface area contributed by atoms with E-state index in [1.807, 2.05) is 13.8 Å². The van der Waals surface area contributed by atoms with Gasteiger partial charge in [0, 0.05) is 31.5 Å². The van der Waals surface area contributed by atoms with Crippen molar-refractivity contribution in [2.24, 2.45) is 11.8 Å². The number of carbonyl (C=O) groups excluding carboxylic acids is 1. The maximum absolute atomic E-state index is 12.7. The standard InChI is InChI=1S/C21H31NO3/c1-5-24-20-10-15-7-8-22-13-16(9-14(3)4)19(23)12-18(22)17(15)11-21(20)25-6-2/h10-11,14,16,18H,5-9,12-13H2,1-4H3/t16-,18-/m1/s1. The first kappa shape index (κ1) is 18.2. The summed E-state index contributed by atoms with van der Waals surface area (Å²) in [6.07, 6.45) is 2.65. The van der Waals surface area contributed by atoms with Gasteiger partial charge in [-0.25, -0.2) is 0 Å². The van der Waals surface area contributed by atoms with Gasteiger partial charge in [-0.2, -0.15) is 0 Å². The highest BCUT2D eigenvalue weighted by molar-refractivity contribution is 5.83. The maximum atomic E-state index is 12.7. The molecule has 138 valence electrons. The number of hydrogen-bond acceptors (Lipinski definition) is 4. The van der Waals surface area contributed by atoms with Gasteiger partial charge < -0.3 is 9.47 Å². The van der Waals surface area contributed by atoms with Crippen molar-refractivity contribution < 1.29 is 14.3 Å². The number of hydrogen-bond donors (Lipinski definition) is 0. The number of ether oxygens (including phenoxy) is 2. The highest BCUT2D eigenvalue weighted by Crippen LogP contribution is 2.42. The van der Waals surface area contributed by atoms with Gasteiger partial charge in [0.25, 0.3) is 0 Å². The van der Waals surface area contributed by atoms with Gasteiger partial charge in [-0.05, 0) is 55.9 Å². The SMILES string of the molecule is CCOc1cc2c(cc1OCC)[C@H]1CC(=O)[C@H](CC(C)C)CN1CC2. The normalized spacial score (nSPS) is 23.3. The average Bonchev–Trinajstić information content (AvgIpc) is 2.56. The largest absolute Gasteiger partial charge is 0.490 e. The molecule has 0 spiro atoms.